The lowest BCUT2D eigenvalue weighted by Gasteiger charge is -2.09. The lowest BCUT2D eigenvalue weighted by Crippen LogP contribution is -2.25. The quantitative estimate of drug-likeness (QED) is 0.865. The molecule has 0 aliphatic heterocycles. The first-order valence-corrected chi connectivity index (χ1v) is 7.61. The number of carbonyl (C=O) groups excluding carboxylic acids is 1. The maximum Gasteiger partial charge on any atom is 0.270 e. The minimum Gasteiger partial charge on any atom is -0.351 e. The van der Waals surface area contributed by atoms with Crippen LogP contribution in [0.25, 0.3) is 0 Å². The Morgan fingerprint density at radius 2 is 1.95 bits per heavy atom. The summed E-state index contributed by atoms with van der Waals surface area (Å²) in [6.45, 7) is 4.40. The summed E-state index contributed by atoms with van der Waals surface area (Å²) in [4.78, 5) is 20.5. The van der Waals surface area contributed by atoms with E-state index in [1.165, 1.54) is 0 Å². The van der Waals surface area contributed by atoms with E-state index in [4.69, 9.17) is 23.2 Å². The van der Waals surface area contributed by atoms with Gasteiger partial charge in [-0.25, -0.2) is 9.97 Å². The van der Waals surface area contributed by atoms with Crippen molar-refractivity contribution in [3.05, 3.63) is 45.7 Å². The molecule has 2 aromatic rings. The largest absolute Gasteiger partial charge is 0.351 e. The van der Waals surface area contributed by atoms with Gasteiger partial charge >= 0.3 is 0 Å². The lowest BCUT2D eigenvalue weighted by molar-refractivity contribution is 0.0948. The fourth-order valence-electron chi connectivity index (χ4n) is 1.77. The van der Waals surface area contributed by atoms with Crippen molar-refractivity contribution in [2.45, 2.75) is 20.3 Å². The molecule has 0 spiro atoms. The molecule has 2 rings (SSSR count). The molecule has 1 aromatic carbocycles. The van der Waals surface area contributed by atoms with Crippen LogP contribution in [-0.2, 0) is 0 Å². The Morgan fingerprint density at radius 3 is 2.64 bits per heavy atom. The number of rotatable bonds is 5. The molecular weight excluding hydrogens is 323 g/mol. The van der Waals surface area contributed by atoms with Crippen LogP contribution in [0.5, 0.6) is 0 Å². The first kappa shape index (κ1) is 16.5. The maximum absolute atomic E-state index is 12.0. The van der Waals surface area contributed by atoms with Crippen molar-refractivity contribution in [1.29, 1.82) is 0 Å². The Balaban J connectivity index is 2.22. The van der Waals surface area contributed by atoms with Crippen LogP contribution in [-0.4, -0.2) is 22.4 Å². The summed E-state index contributed by atoms with van der Waals surface area (Å²) >= 11 is 11.9. The van der Waals surface area contributed by atoms with Crippen molar-refractivity contribution < 1.29 is 4.79 Å². The number of nitrogens with zero attached hydrogens (tertiary/aromatic N) is 2. The third kappa shape index (κ3) is 4.32. The van der Waals surface area contributed by atoms with E-state index < -0.39 is 0 Å². The van der Waals surface area contributed by atoms with Gasteiger partial charge in [0.2, 0.25) is 5.95 Å². The molecule has 116 valence electrons. The zero-order valence-electron chi connectivity index (χ0n) is 12.3. The molecule has 1 heterocycles. The molecule has 1 aromatic heterocycles. The molecule has 1 amide bonds. The van der Waals surface area contributed by atoms with Gasteiger partial charge in [-0.1, -0.05) is 30.1 Å². The second-order valence-corrected chi connectivity index (χ2v) is 5.54. The Kier molecular flexibility index (Phi) is 5.57. The van der Waals surface area contributed by atoms with Crippen LogP contribution in [0.4, 0.5) is 11.6 Å². The van der Waals surface area contributed by atoms with E-state index in [-0.39, 0.29) is 5.91 Å². The molecule has 0 saturated heterocycles. The number of anilines is 2. The summed E-state index contributed by atoms with van der Waals surface area (Å²) in [5.41, 5.74) is 1.71. The van der Waals surface area contributed by atoms with Gasteiger partial charge in [-0.15, -0.1) is 0 Å². The normalized spacial score (nSPS) is 10.4. The number of benzene rings is 1. The highest BCUT2D eigenvalue weighted by Gasteiger charge is 2.10. The van der Waals surface area contributed by atoms with Crippen molar-refractivity contribution >= 4 is 40.7 Å². The van der Waals surface area contributed by atoms with Gasteiger partial charge in [0.25, 0.3) is 5.91 Å². The van der Waals surface area contributed by atoms with Crippen LogP contribution in [0, 0.1) is 6.92 Å². The van der Waals surface area contributed by atoms with E-state index in [9.17, 15) is 4.79 Å². The second-order valence-electron chi connectivity index (χ2n) is 4.73. The number of nitrogens with one attached hydrogen (secondary N) is 2. The smallest absolute Gasteiger partial charge is 0.270 e. The Bertz CT molecular complexity index is 691. The second kappa shape index (κ2) is 7.42. The third-order valence-electron chi connectivity index (χ3n) is 2.80. The van der Waals surface area contributed by atoms with Gasteiger partial charge in [-0.05, 0) is 37.6 Å². The van der Waals surface area contributed by atoms with E-state index in [2.05, 4.69) is 20.6 Å². The van der Waals surface area contributed by atoms with Crippen molar-refractivity contribution in [2.24, 2.45) is 0 Å². The van der Waals surface area contributed by atoms with Gasteiger partial charge in [0.15, 0.2) is 0 Å². The van der Waals surface area contributed by atoms with Gasteiger partial charge in [0.05, 0.1) is 10.0 Å². The number of carbonyl (C=O) groups is 1. The Morgan fingerprint density at radius 1 is 1.18 bits per heavy atom. The van der Waals surface area contributed by atoms with Crippen LogP contribution in [0.15, 0.2) is 24.3 Å². The number of hydrogen-bond acceptors (Lipinski definition) is 4. The fourth-order valence-corrected chi connectivity index (χ4v) is 2.07. The van der Waals surface area contributed by atoms with Crippen LogP contribution >= 0.6 is 23.2 Å². The van der Waals surface area contributed by atoms with Gasteiger partial charge in [-0.2, -0.15) is 0 Å². The van der Waals surface area contributed by atoms with Gasteiger partial charge < -0.3 is 10.6 Å². The van der Waals surface area contributed by atoms with Crippen LogP contribution < -0.4 is 10.6 Å². The highest BCUT2D eigenvalue weighted by Crippen LogP contribution is 2.26. The van der Waals surface area contributed by atoms with Crippen molar-refractivity contribution in [3.8, 4) is 0 Å². The highest BCUT2D eigenvalue weighted by molar-refractivity contribution is 6.42. The molecule has 22 heavy (non-hydrogen) atoms. The minimum absolute atomic E-state index is 0.218. The molecule has 5 nitrogen and oxygen atoms in total. The topological polar surface area (TPSA) is 66.9 Å². The minimum atomic E-state index is -0.218. The van der Waals surface area contributed by atoms with E-state index in [1.54, 1.807) is 31.2 Å². The molecule has 0 saturated carbocycles. The van der Waals surface area contributed by atoms with E-state index in [0.29, 0.717) is 39.6 Å². The molecule has 0 radical (unpaired) electrons. The van der Waals surface area contributed by atoms with Gasteiger partial charge in [0, 0.05) is 17.9 Å². The Labute approximate surface area is 139 Å². The number of amides is 1. The molecule has 2 N–H and O–H groups in total. The zero-order valence-corrected chi connectivity index (χ0v) is 13.8. The summed E-state index contributed by atoms with van der Waals surface area (Å²) in [7, 11) is 0. The van der Waals surface area contributed by atoms with Crippen molar-refractivity contribution in [3.63, 3.8) is 0 Å². The predicted octanol–water partition coefficient (Wildman–Crippen LogP) is 3.98. The molecular formula is C15H16Cl2N4O. The SMILES string of the molecule is CCCNC(=O)c1cc(C)nc(Nc2ccc(Cl)c(Cl)c2)n1. The standard InChI is InChI=1S/C15H16Cl2N4O/c1-3-6-18-14(22)13-7-9(2)19-15(21-13)20-10-4-5-11(16)12(17)8-10/h4-5,7-8H,3,6H2,1-2H3,(H,18,22)(H,19,20,21). The monoisotopic (exact) mass is 338 g/mol. The summed E-state index contributed by atoms with van der Waals surface area (Å²) in [5, 5.41) is 6.71. The summed E-state index contributed by atoms with van der Waals surface area (Å²) in [5.74, 6) is 0.115. The molecule has 0 atom stereocenters. The zero-order chi connectivity index (χ0) is 16.1. The van der Waals surface area contributed by atoms with Crippen LogP contribution in [0.3, 0.4) is 0 Å². The van der Waals surface area contributed by atoms with Gasteiger partial charge in [-0.3, -0.25) is 4.79 Å². The molecule has 0 aliphatic rings. The summed E-state index contributed by atoms with van der Waals surface area (Å²) in [6.07, 6.45) is 0.865. The highest BCUT2D eigenvalue weighted by atomic mass is 35.5. The first-order valence-electron chi connectivity index (χ1n) is 6.85. The van der Waals surface area contributed by atoms with Crippen LogP contribution in [0.2, 0.25) is 10.0 Å². The van der Waals surface area contributed by atoms with E-state index in [0.717, 1.165) is 6.42 Å². The average Bonchev–Trinajstić information content (AvgIpc) is 2.48. The number of halogens is 2. The third-order valence-corrected chi connectivity index (χ3v) is 3.54. The molecule has 0 aliphatic carbocycles. The average molecular weight is 339 g/mol. The van der Waals surface area contributed by atoms with Crippen LogP contribution in [0.1, 0.15) is 29.5 Å². The lowest BCUT2D eigenvalue weighted by atomic mass is 10.3. The molecule has 7 heteroatoms. The molecule has 0 unspecified atom stereocenters. The van der Waals surface area contributed by atoms with E-state index in [1.807, 2.05) is 6.92 Å². The molecule has 0 bridgehead atoms. The summed E-state index contributed by atoms with van der Waals surface area (Å²) < 4.78 is 0. The predicted molar refractivity (Wildman–Crippen MR) is 89.1 cm³/mol. The maximum atomic E-state index is 12.0. The van der Waals surface area contributed by atoms with Crippen molar-refractivity contribution in [1.82, 2.24) is 15.3 Å². The molecule has 0 fully saturated rings. The Hall–Kier alpha value is -1.85. The number of aryl methyl sites for hydroxylation is 1. The first-order chi connectivity index (χ1) is 10.5. The van der Waals surface area contributed by atoms with E-state index >= 15 is 0 Å². The number of hydrogen-bond donors (Lipinski definition) is 2. The van der Waals surface area contributed by atoms with Crippen molar-refractivity contribution in [2.75, 3.05) is 11.9 Å². The summed E-state index contributed by atoms with van der Waals surface area (Å²) in [6, 6.07) is 6.76. The fraction of sp³-hybridized carbons (Fsp3) is 0.267. The number of aromatic nitrogens is 2. The van der Waals surface area contributed by atoms with Gasteiger partial charge in [0.1, 0.15) is 5.69 Å².